The number of carbonyl (C=O) groups excluding carboxylic acids is 1. The third-order valence-corrected chi connectivity index (χ3v) is 4.44. The van der Waals surface area contributed by atoms with Gasteiger partial charge in [-0.25, -0.2) is 13.1 Å². The molecular formula is C14H22N2O5S. The third kappa shape index (κ3) is 4.97. The summed E-state index contributed by atoms with van der Waals surface area (Å²) < 4.78 is 37.1. The number of hydrogen-bond acceptors (Lipinski definition) is 5. The summed E-state index contributed by atoms with van der Waals surface area (Å²) in [5.74, 6) is 0.166. The second-order valence-electron chi connectivity index (χ2n) is 4.74. The second-order valence-corrected chi connectivity index (χ2v) is 6.46. The highest BCUT2D eigenvalue weighted by Crippen LogP contribution is 2.27. The fourth-order valence-electron chi connectivity index (χ4n) is 1.81. The molecule has 0 aliphatic rings. The number of carbonyl (C=O) groups is 1. The molecule has 0 aliphatic heterocycles. The molecule has 8 heteroatoms. The summed E-state index contributed by atoms with van der Waals surface area (Å²) in [5, 5.41) is 2.62. The molecule has 0 bridgehead atoms. The van der Waals surface area contributed by atoms with Crippen molar-refractivity contribution in [3.63, 3.8) is 0 Å². The van der Waals surface area contributed by atoms with Gasteiger partial charge in [-0.3, -0.25) is 4.79 Å². The molecule has 0 aromatic heterocycles. The maximum Gasteiger partial charge on any atom is 0.240 e. The van der Waals surface area contributed by atoms with Gasteiger partial charge in [-0.05, 0) is 25.1 Å². The molecule has 1 rings (SSSR count). The van der Waals surface area contributed by atoms with Gasteiger partial charge in [0.15, 0.2) is 0 Å². The van der Waals surface area contributed by atoms with E-state index < -0.39 is 10.0 Å². The highest BCUT2D eigenvalue weighted by atomic mass is 32.2. The Morgan fingerprint density at radius 2 is 2.00 bits per heavy atom. The van der Waals surface area contributed by atoms with Crippen LogP contribution in [0.2, 0.25) is 0 Å². The molecule has 1 aromatic rings. The van der Waals surface area contributed by atoms with Crippen molar-refractivity contribution in [3.05, 3.63) is 18.2 Å². The molecule has 0 heterocycles. The van der Waals surface area contributed by atoms with E-state index in [0.29, 0.717) is 11.4 Å². The SMILES string of the molecule is CCC(=O)Nc1cc(S(=O)(=O)N[C@H](C)COC)ccc1OC. The maximum absolute atomic E-state index is 12.3. The molecule has 0 spiro atoms. The first-order chi connectivity index (χ1) is 10.3. The first-order valence-corrected chi connectivity index (χ1v) is 8.31. The van der Waals surface area contributed by atoms with Gasteiger partial charge in [-0.1, -0.05) is 6.92 Å². The van der Waals surface area contributed by atoms with Gasteiger partial charge in [0.05, 0.1) is 24.3 Å². The van der Waals surface area contributed by atoms with Crippen LogP contribution in [-0.2, 0) is 19.6 Å². The lowest BCUT2D eigenvalue weighted by molar-refractivity contribution is -0.115. The Hall–Kier alpha value is -1.64. The lowest BCUT2D eigenvalue weighted by Crippen LogP contribution is -2.35. The van der Waals surface area contributed by atoms with Crippen molar-refractivity contribution in [2.75, 3.05) is 26.1 Å². The predicted octanol–water partition coefficient (Wildman–Crippen LogP) is 1.36. The number of amides is 1. The van der Waals surface area contributed by atoms with Gasteiger partial charge in [0.2, 0.25) is 15.9 Å². The molecule has 0 saturated heterocycles. The van der Waals surface area contributed by atoms with E-state index in [-0.39, 0.29) is 29.9 Å². The smallest absolute Gasteiger partial charge is 0.240 e. The minimum absolute atomic E-state index is 0.0441. The van der Waals surface area contributed by atoms with E-state index in [1.54, 1.807) is 13.8 Å². The van der Waals surface area contributed by atoms with E-state index in [4.69, 9.17) is 9.47 Å². The van der Waals surface area contributed by atoms with Crippen molar-refractivity contribution in [3.8, 4) is 5.75 Å². The zero-order valence-corrected chi connectivity index (χ0v) is 14.0. The average Bonchev–Trinajstić information content (AvgIpc) is 2.46. The quantitative estimate of drug-likeness (QED) is 0.750. The van der Waals surface area contributed by atoms with Gasteiger partial charge in [0.1, 0.15) is 5.75 Å². The van der Waals surface area contributed by atoms with Gasteiger partial charge < -0.3 is 14.8 Å². The van der Waals surface area contributed by atoms with Gasteiger partial charge in [-0.2, -0.15) is 0 Å². The Balaban J connectivity index is 3.09. The number of rotatable bonds is 8. The zero-order valence-electron chi connectivity index (χ0n) is 13.2. The molecule has 124 valence electrons. The van der Waals surface area contributed by atoms with Crippen molar-refractivity contribution in [2.45, 2.75) is 31.2 Å². The van der Waals surface area contributed by atoms with Crippen molar-refractivity contribution >= 4 is 21.6 Å². The van der Waals surface area contributed by atoms with Crippen molar-refractivity contribution < 1.29 is 22.7 Å². The largest absolute Gasteiger partial charge is 0.495 e. The van der Waals surface area contributed by atoms with E-state index in [9.17, 15) is 13.2 Å². The van der Waals surface area contributed by atoms with Gasteiger partial charge >= 0.3 is 0 Å². The molecule has 1 amide bonds. The van der Waals surface area contributed by atoms with E-state index in [1.165, 1.54) is 32.4 Å². The van der Waals surface area contributed by atoms with Crippen molar-refractivity contribution in [1.82, 2.24) is 4.72 Å². The summed E-state index contributed by atoms with van der Waals surface area (Å²) >= 11 is 0. The summed E-state index contributed by atoms with van der Waals surface area (Å²) in [5.41, 5.74) is 0.316. The molecule has 0 fully saturated rings. The predicted molar refractivity (Wildman–Crippen MR) is 83.6 cm³/mol. The summed E-state index contributed by atoms with van der Waals surface area (Å²) in [4.78, 5) is 11.6. The highest BCUT2D eigenvalue weighted by molar-refractivity contribution is 7.89. The first kappa shape index (κ1) is 18.4. The molecule has 0 unspecified atom stereocenters. The second kappa shape index (κ2) is 8.11. The van der Waals surface area contributed by atoms with E-state index in [1.807, 2.05) is 0 Å². The van der Waals surface area contributed by atoms with Crippen LogP contribution in [0.1, 0.15) is 20.3 Å². The molecule has 0 aliphatic carbocycles. The van der Waals surface area contributed by atoms with Crippen LogP contribution in [0.4, 0.5) is 5.69 Å². The van der Waals surface area contributed by atoms with Gasteiger partial charge in [-0.15, -0.1) is 0 Å². The van der Waals surface area contributed by atoms with Crippen LogP contribution in [0.5, 0.6) is 5.75 Å². The minimum atomic E-state index is -3.71. The topological polar surface area (TPSA) is 93.7 Å². The Morgan fingerprint density at radius 3 is 2.55 bits per heavy atom. The number of benzene rings is 1. The summed E-state index contributed by atoms with van der Waals surface area (Å²) in [6, 6.07) is 3.92. The Kier molecular flexibility index (Phi) is 6.79. The van der Waals surface area contributed by atoms with E-state index >= 15 is 0 Å². The number of sulfonamides is 1. The van der Waals surface area contributed by atoms with Crippen LogP contribution in [0.25, 0.3) is 0 Å². The summed E-state index contributed by atoms with van der Waals surface area (Å²) in [6.45, 7) is 3.66. The van der Waals surface area contributed by atoms with Crippen molar-refractivity contribution in [2.24, 2.45) is 0 Å². The monoisotopic (exact) mass is 330 g/mol. The Labute approximate surface area is 131 Å². The molecule has 0 saturated carbocycles. The number of methoxy groups -OCH3 is 2. The van der Waals surface area contributed by atoms with Gasteiger partial charge in [0, 0.05) is 19.6 Å². The van der Waals surface area contributed by atoms with Crippen LogP contribution >= 0.6 is 0 Å². The van der Waals surface area contributed by atoms with Crippen LogP contribution in [0, 0.1) is 0 Å². The molecular weight excluding hydrogens is 308 g/mol. The third-order valence-electron chi connectivity index (χ3n) is 2.85. The number of hydrogen-bond donors (Lipinski definition) is 2. The standard InChI is InChI=1S/C14H22N2O5S/c1-5-14(17)15-12-8-11(6-7-13(12)21-4)22(18,19)16-10(2)9-20-3/h6-8,10,16H,5,9H2,1-4H3,(H,15,17)/t10-/m1/s1. The van der Waals surface area contributed by atoms with E-state index in [2.05, 4.69) is 10.0 Å². The number of anilines is 1. The molecule has 2 N–H and O–H groups in total. The number of ether oxygens (including phenoxy) is 2. The average molecular weight is 330 g/mol. The molecule has 7 nitrogen and oxygen atoms in total. The molecule has 0 radical (unpaired) electrons. The van der Waals surface area contributed by atoms with Crippen LogP contribution in [0.15, 0.2) is 23.1 Å². The van der Waals surface area contributed by atoms with Crippen molar-refractivity contribution in [1.29, 1.82) is 0 Å². The fourth-order valence-corrected chi connectivity index (χ4v) is 3.06. The summed E-state index contributed by atoms with van der Waals surface area (Å²) in [7, 11) is -0.764. The summed E-state index contributed by atoms with van der Waals surface area (Å²) in [6.07, 6.45) is 0.281. The molecule has 1 atom stereocenters. The Morgan fingerprint density at radius 1 is 1.32 bits per heavy atom. The Bertz CT molecular complexity index is 616. The lowest BCUT2D eigenvalue weighted by atomic mass is 10.3. The maximum atomic E-state index is 12.3. The minimum Gasteiger partial charge on any atom is -0.495 e. The van der Waals surface area contributed by atoms with Crippen LogP contribution in [-0.4, -0.2) is 41.2 Å². The molecule has 22 heavy (non-hydrogen) atoms. The first-order valence-electron chi connectivity index (χ1n) is 6.83. The van der Waals surface area contributed by atoms with E-state index in [0.717, 1.165) is 0 Å². The highest BCUT2D eigenvalue weighted by Gasteiger charge is 2.19. The zero-order chi connectivity index (χ0) is 16.8. The normalized spacial score (nSPS) is 12.7. The van der Waals surface area contributed by atoms with Crippen LogP contribution in [0.3, 0.4) is 0 Å². The van der Waals surface area contributed by atoms with Gasteiger partial charge in [0.25, 0.3) is 0 Å². The molecule has 1 aromatic carbocycles. The fraction of sp³-hybridized carbons (Fsp3) is 0.500. The van der Waals surface area contributed by atoms with Crippen LogP contribution < -0.4 is 14.8 Å². The number of nitrogens with one attached hydrogen (secondary N) is 2. The lowest BCUT2D eigenvalue weighted by Gasteiger charge is -2.15.